The highest BCUT2D eigenvalue weighted by Gasteiger charge is 2.38. The van der Waals surface area contributed by atoms with Crippen molar-refractivity contribution in [2.45, 2.75) is 52.2 Å². The van der Waals surface area contributed by atoms with Gasteiger partial charge >= 0.3 is 6.09 Å². The van der Waals surface area contributed by atoms with Crippen molar-refractivity contribution >= 4 is 17.9 Å². The maximum absolute atomic E-state index is 12.4. The average molecular weight is 285 g/mol. The van der Waals surface area contributed by atoms with Crippen LogP contribution in [0.25, 0.3) is 0 Å². The average Bonchev–Trinajstić information content (AvgIpc) is 2.69. The van der Waals surface area contributed by atoms with E-state index in [2.05, 4.69) is 5.32 Å². The standard InChI is InChI=1S/C13H23N3O4/c1-5-15(8(2)3)11(17)9(4)16-7-6-10(12(16)18)14-13(19)20/h8-10,14H,5-7H2,1-4H3,(H,19,20)/t9-,10-/m0/s1. The second-order valence-corrected chi connectivity index (χ2v) is 5.22. The van der Waals surface area contributed by atoms with E-state index in [0.29, 0.717) is 19.5 Å². The Morgan fingerprint density at radius 3 is 2.50 bits per heavy atom. The fraction of sp³-hybridized carbons (Fsp3) is 0.769. The van der Waals surface area contributed by atoms with Crippen LogP contribution in [0.3, 0.4) is 0 Å². The lowest BCUT2D eigenvalue weighted by Crippen LogP contribution is -2.51. The second-order valence-electron chi connectivity index (χ2n) is 5.22. The first-order chi connectivity index (χ1) is 9.29. The fourth-order valence-corrected chi connectivity index (χ4v) is 2.52. The lowest BCUT2D eigenvalue weighted by atomic mass is 10.2. The van der Waals surface area contributed by atoms with E-state index in [-0.39, 0.29) is 17.9 Å². The molecule has 2 N–H and O–H groups in total. The molecule has 1 fully saturated rings. The van der Waals surface area contributed by atoms with E-state index in [9.17, 15) is 14.4 Å². The van der Waals surface area contributed by atoms with Gasteiger partial charge in [0.15, 0.2) is 0 Å². The first kappa shape index (κ1) is 16.3. The summed E-state index contributed by atoms with van der Waals surface area (Å²) >= 11 is 0. The van der Waals surface area contributed by atoms with Crippen LogP contribution in [-0.4, -0.2) is 64.0 Å². The van der Waals surface area contributed by atoms with Crippen molar-refractivity contribution in [2.24, 2.45) is 0 Å². The van der Waals surface area contributed by atoms with Crippen LogP contribution in [-0.2, 0) is 9.59 Å². The summed E-state index contributed by atoms with van der Waals surface area (Å²) < 4.78 is 0. The molecule has 1 saturated heterocycles. The minimum absolute atomic E-state index is 0.0700. The van der Waals surface area contributed by atoms with Crippen LogP contribution in [0.5, 0.6) is 0 Å². The Labute approximate surface area is 118 Å². The molecule has 0 spiro atoms. The molecule has 0 aliphatic carbocycles. The molecule has 7 heteroatoms. The number of likely N-dealkylation sites (tertiary alicyclic amines) is 1. The Bertz CT molecular complexity index is 397. The van der Waals surface area contributed by atoms with Crippen molar-refractivity contribution in [1.82, 2.24) is 15.1 Å². The smallest absolute Gasteiger partial charge is 0.405 e. The Morgan fingerprint density at radius 2 is 2.05 bits per heavy atom. The van der Waals surface area contributed by atoms with Crippen molar-refractivity contribution in [2.75, 3.05) is 13.1 Å². The highest BCUT2D eigenvalue weighted by molar-refractivity contribution is 5.92. The third-order valence-electron chi connectivity index (χ3n) is 3.61. The molecule has 20 heavy (non-hydrogen) atoms. The molecule has 0 aromatic carbocycles. The minimum Gasteiger partial charge on any atom is -0.465 e. The normalized spacial score (nSPS) is 20.1. The van der Waals surface area contributed by atoms with Crippen molar-refractivity contribution in [3.8, 4) is 0 Å². The molecule has 0 aromatic rings. The van der Waals surface area contributed by atoms with Gasteiger partial charge < -0.3 is 20.2 Å². The lowest BCUT2D eigenvalue weighted by Gasteiger charge is -2.32. The van der Waals surface area contributed by atoms with E-state index in [1.807, 2.05) is 20.8 Å². The Kier molecular flexibility index (Phi) is 5.35. The quantitative estimate of drug-likeness (QED) is 0.769. The maximum atomic E-state index is 12.4. The summed E-state index contributed by atoms with van der Waals surface area (Å²) in [5.41, 5.74) is 0. The van der Waals surface area contributed by atoms with Gasteiger partial charge in [0.1, 0.15) is 12.1 Å². The second kappa shape index (κ2) is 6.58. The van der Waals surface area contributed by atoms with Gasteiger partial charge in [0.05, 0.1) is 0 Å². The predicted molar refractivity (Wildman–Crippen MR) is 73.3 cm³/mol. The molecule has 0 aromatic heterocycles. The molecule has 0 radical (unpaired) electrons. The van der Waals surface area contributed by atoms with Crippen LogP contribution in [0.4, 0.5) is 4.79 Å². The number of carbonyl (C=O) groups is 3. The molecule has 1 aliphatic heterocycles. The highest BCUT2D eigenvalue weighted by Crippen LogP contribution is 2.17. The summed E-state index contributed by atoms with van der Waals surface area (Å²) in [6, 6.07) is -1.23. The molecule has 1 rings (SSSR count). The molecule has 0 unspecified atom stereocenters. The van der Waals surface area contributed by atoms with Crippen LogP contribution < -0.4 is 5.32 Å². The largest absolute Gasteiger partial charge is 0.465 e. The SMILES string of the molecule is CCN(C(=O)[C@H](C)N1CC[C@H](NC(=O)O)C1=O)C(C)C. The zero-order valence-corrected chi connectivity index (χ0v) is 12.4. The van der Waals surface area contributed by atoms with Crippen molar-refractivity contribution in [3.63, 3.8) is 0 Å². The van der Waals surface area contributed by atoms with Crippen LogP contribution in [0.15, 0.2) is 0 Å². The zero-order valence-electron chi connectivity index (χ0n) is 12.4. The van der Waals surface area contributed by atoms with Gasteiger partial charge in [0, 0.05) is 19.1 Å². The number of carbonyl (C=O) groups excluding carboxylic acids is 2. The van der Waals surface area contributed by atoms with E-state index >= 15 is 0 Å². The molecule has 7 nitrogen and oxygen atoms in total. The molecule has 0 bridgehead atoms. The van der Waals surface area contributed by atoms with Crippen molar-refractivity contribution < 1.29 is 19.5 Å². The van der Waals surface area contributed by atoms with Crippen LogP contribution in [0.2, 0.25) is 0 Å². The number of likely N-dealkylation sites (N-methyl/N-ethyl adjacent to an activating group) is 1. The summed E-state index contributed by atoms with van der Waals surface area (Å²) in [7, 11) is 0. The number of hydrogen-bond donors (Lipinski definition) is 2. The lowest BCUT2D eigenvalue weighted by molar-refractivity contribution is -0.144. The molecule has 1 heterocycles. The Balaban J connectivity index is 2.73. The van der Waals surface area contributed by atoms with Gasteiger partial charge in [-0.25, -0.2) is 4.79 Å². The topological polar surface area (TPSA) is 90.0 Å². The summed E-state index contributed by atoms with van der Waals surface area (Å²) in [5, 5.41) is 10.8. The molecule has 2 atom stereocenters. The van der Waals surface area contributed by atoms with Gasteiger partial charge in [-0.05, 0) is 34.1 Å². The minimum atomic E-state index is -1.22. The first-order valence-electron chi connectivity index (χ1n) is 6.90. The maximum Gasteiger partial charge on any atom is 0.405 e. The van der Waals surface area contributed by atoms with E-state index in [1.165, 1.54) is 4.90 Å². The van der Waals surface area contributed by atoms with Gasteiger partial charge in [0.25, 0.3) is 0 Å². The summed E-state index contributed by atoms with van der Waals surface area (Å²) in [4.78, 5) is 38.2. The monoisotopic (exact) mass is 285 g/mol. The summed E-state index contributed by atoms with van der Waals surface area (Å²) in [6.45, 7) is 8.41. The number of amides is 3. The number of nitrogens with one attached hydrogen (secondary N) is 1. The van der Waals surface area contributed by atoms with E-state index < -0.39 is 18.2 Å². The molecular weight excluding hydrogens is 262 g/mol. The number of rotatable bonds is 5. The van der Waals surface area contributed by atoms with Gasteiger partial charge in [-0.1, -0.05) is 0 Å². The van der Waals surface area contributed by atoms with Crippen LogP contribution >= 0.6 is 0 Å². The summed E-state index contributed by atoms with van der Waals surface area (Å²) in [5.74, 6) is -0.431. The molecule has 3 amide bonds. The van der Waals surface area contributed by atoms with Gasteiger partial charge in [-0.2, -0.15) is 0 Å². The number of nitrogens with zero attached hydrogens (tertiary/aromatic N) is 2. The third-order valence-corrected chi connectivity index (χ3v) is 3.61. The molecule has 114 valence electrons. The van der Waals surface area contributed by atoms with Gasteiger partial charge in [-0.3, -0.25) is 9.59 Å². The van der Waals surface area contributed by atoms with Gasteiger partial charge in [-0.15, -0.1) is 0 Å². The predicted octanol–water partition coefficient (Wildman–Crippen LogP) is 0.500. The van der Waals surface area contributed by atoms with Crippen LogP contribution in [0, 0.1) is 0 Å². The third kappa shape index (κ3) is 3.40. The Morgan fingerprint density at radius 1 is 1.45 bits per heavy atom. The molecule has 1 aliphatic rings. The summed E-state index contributed by atoms with van der Waals surface area (Å²) in [6.07, 6.45) is -0.821. The van der Waals surface area contributed by atoms with E-state index in [1.54, 1.807) is 11.8 Å². The Hall–Kier alpha value is -1.79. The van der Waals surface area contributed by atoms with Crippen molar-refractivity contribution in [1.29, 1.82) is 0 Å². The van der Waals surface area contributed by atoms with Gasteiger partial charge in [0.2, 0.25) is 11.8 Å². The zero-order chi connectivity index (χ0) is 15.4. The van der Waals surface area contributed by atoms with Crippen molar-refractivity contribution in [3.05, 3.63) is 0 Å². The number of hydrogen-bond acceptors (Lipinski definition) is 3. The first-order valence-corrected chi connectivity index (χ1v) is 6.90. The van der Waals surface area contributed by atoms with E-state index in [0.717, 1.165) is 0 Å². The van der Waals surface area contributed by atoms with E-state index in [4.69, 9.17) is 5.11 Å². The highest BCUT2D eigenvalue weighted by atomic mass is 16.4. The molecule has 0 saturated carbocycles. The van der Waals surface area contributed by atoms with Crippen LogP contribution in [0.1, 0.15) is 34.1 Å². The molecular formula is C13H23N3O4. The number of carboxylic acid groups (broad SMARTS) is 1. The fourth-order valence-electron chi connectivity index (χ4n) is 2.52.